The van der Waals surface area contributed by atoms with E-state index in [0.717, 1.165) is 15.9 Å². The summed E-state index contributed by atoms with van der Waals surface area (Å²) >= 11 is 0. The number of halogens is 2. The molecule has 1 nitrogen and oxygen atoms in total. The van der Waals surface area contributed by atoms with Crippen molar-refractivity contribution >= 4 is 15.2 Å². The molecular formula is C16H24Cl2HfNSi. The largest absolute Gasteiger partial charge is 4.00 e. The molecule has 1 aromatic rings. The van der Waals surface area contributed by atoms with Gasteiger partial charge >= 0.3 is 25.8 Å². The Morgan fingerprint density at radius 1 is 1.00 bits per heavy atom. The molecule has 0 aliphatic heterocycles. The van der Waals surface area contributed by atoms with Gasteiger partial charge in [-0.05, 0) is 13.8 Å². The van der Waals surface area contributed by atoms with Crippen LogP contribution in [0.5, 0.6) is 0 Å². The van der Waals surface area contributed by atoms with Gasteiger partial charge in [-0.3, -0.25) is 6.08 Å². The third-order valence-corrected chi connectivity index (χ3v) is 2.09. The quantitative estimate of drug-likeness (QED) is 0.325. The van der Waals surface area contributed by atoms with Crippen molar-refractivity contribution in [2.75, 3.05) is 0 Å². The van der Waals surface area contributed by atoms with Crippen LogP contribution in [0.2, 0.25) is 13.1 Å². The minimum absolute atomic E-state index is 0. The molecule has 1 radical (unpaired) electrons. The fourth-order valence-electron chi connectivity index (χ4n) is 1.47. The van der Waals surface area contributed by atoms with E-state index < -0.39 is 0 Å². The van der Waals surface area contributed by atoms with E-state index in [0.29, 0.717) is 5.69 Å². The predicted octanol–water partition coefficient (Wildman–Crippen LogP) is -0.792. The molecule has 0 spiro atoms. The molecule has 1 aliphatic carbocycles. The number of allylic oxidation sites excluding steroid dienone is 4. The molecule has 1 aromatic carbocycles. The van der Waals surface area contributed by atoms with Gasteiger partial charge in [-0.2, -0.15) is 6.08 Å². The summed E-state index contributed by atoms with van der Waals surface area (Å²) in [5.74, 6) is 0. The van der Waals surface area contributed by atoms with Gasteiger partial charge in [0.25, 0.3) is 0 Å². The molecule has 0 heterocycles. The van der Waals surface area contributed by atoms with Crippen molar-refractivity contribution in [1.29, 1.82) is 0 Å². The minimum atomic E-state index is 0. The maximum atomic E-state index is 7.28. The molecule has 0 aromatic heterocycles. The summed E-state index contributed by atoms with van der Waals surface area (Å²) in [6, 6.07) is 5.78. The molecule has 0 unspecified atom stereocenters. The average Bonchev–Trinajstić information content (AvgIpc) is 2.68. The molecule has 0 amide bonds. The SMILES string of the molecule is CC1=CC[C-]=C1.C[SiH]C.Cc1cc(C)cc([NH-])c1.[Cl-].[Cl-].[Hf+4]. The molecule has 0 saturated carbocycles. The van der Waals surface area contributed by atoms with Gasteiger partial charge in [-0.15, -0.1) is 19.0 Å². The molecule has 21 heavy (non-hydrogen) atoms. The first kappa shape index (κ1) is 29.2. The molecule has 1 N–H and O–H groups in total. The van der Waals surface area contributed by atoms with Crippen molar-refractivity contribution in [3.63, 3.8) is 0 Å². The van der Waals surface area contributed by atoms with E-state index in [-0.39, 0.29) is 50.7 Å². The maximum absolute atomic E-state index is 7.28. The van der Waals surface area contributed by atoms with Gasteiger partial charge in [-0.1, -0.05) is 42.4 Å². The first-order chi connectivity index (χ1) is 8.49. The number of hydrogen-bond acceptors (Lipinski definition) is 0. The summed E-state index contributed by atoms with van der Waals surface area (Å²) in [5, 5.41) is 0. The van der Waals surface area contributed by atoms with Gasteiger partial charge < -0.3 is 30.5 Å². The van der Waals surface area contributed by atoms with Crippen LogP contribution >= 0.6 is 0 Å². The first-order valence-electron chi connectivity index (χ1n) is 6.26. The topological polar surface area (TPSA) is 23.8 Å². The van der Waals surface area contributed by atoms with Crippen molar-refractivity contribution in [3.8, 4) is 0 Å². The van der Waals surface area contributed by atoms with Crippen molar-refractivity contribution < 1.29 is 50.7 Å². The summed E-state index contributed by atoms with van der Waals surface area (Å²) in [6.07, 6.45) is 8.24. The number of benzene rings is 1. The van der Waals surface area contributed by atoms with Gasteiger partial charge in [0.2, 0.25) is 0 Å². The number of nitrogens with one attached hydrogen (secondary N) is 1. The van der Waals surface area contributed by atoms with Crippen LogP contribution in [0.4, 0.5) is 5.69 Å². The van der Waals surface area contributed by atoms with E-state index in [4.69, 9.17) is 5.73 Å². The van der Waals surface area contributed by atoms with E-state index in [9.17, 15) is 0 Å². The number of aryl methyl sites for hydroxylation is 2. The van der Waals surface area contributed by atoms with Gasteiger partial charge in [0.05, 0.1) is 0 Å². The second-order valence-corrected chi connectivity index (χ2v) is 5.61. The summed E-state index contributed by atoms with van der Waals surface area (Å²) in [7, 11) is 0.750. The van der Waals surface area contributed by atoms with E-state index in [1.165, 1.54) is 16.7 Å². The molecule has 0 bridgehead atoms. The Morgan fingerprint density at radius 2 is 1.43 bits per heavy atom. The Hall–Kier alpha value is 0.167. The van der Waals surface area contributed by atoms with E-state index >= 15 is 0 Å². The van der Waals surface area contributed by atoms with Crippen LogP contribution in [0.3, 0.4) is 0 Å². The van der Waals surface area contributed by atoms with E-state index in [1.807, 2.05) is 32.1 Å². The zero-order valence-electron chi connectivity index (χ0n) is 13.4. The summed E-state index contributed by atoms with van der Waals surface area (Å²) in [4.78, 5) is 0. The fourth-order valence-corrected chi connectivity index (χ4v) is 1.47. The second-order valence-electron chi connectivity index (χ2n) is 4.45. The average molecular weight is 508 g/mol. The van der Waals surface area contributed by atoms with Crippen molar-refractivity contribution in [2.24, 2.45) is 0 Å². The molecule has 0 atom stereocenters. The van der Waals surface area contributed by atoms with Gasteiger partial charge in [0.15, 0.2) is 0 Å². The molecule has 5 heteroatoms. The summed E-state index contributed by atoms with van der Waals surface area (Å²) in [5.41, 5.74) is 11.6. The predicted molar refractivity (Wildman–Crippen MR) is 85.0 cm³/mol. The van der Waals surface area contributed by atoms with Gasteiger partial charge in [0.1, 0.15) is 0 Å². The first-order valence-corrected chi connectivity index (χ1v) is 8.57. The Balaban J connectivity index is -0.000000107. The Kier molecular flexibility index (Phi) is 25.3. The summed E-state index contributed by atoms with van der Waals surface area (Å²) in [6.45, 7) is 10.5. The minimum Gasteiger partial charge on any atom is -1.00 e. The number of hydrogen-bond donors (Lipinski definition) is 0. The third kappa shape index (κ3) is 18.1. The second kappa shape index (κ2) is 18.2. The van der Waals surface area contributed by atoms with E-state index in [1.54, 1.807) is 0 Å². The third-order valence-electron chi connectivity index (χ3n) is 2.09. The molecule has 1 aliphatic rings. The zero-order valence-corrected chi connectivity index (χ0v) is 19.7. The van der Waals surface area contributed by atoms with Crippen LogP contribution in [-0.4, -0.2) is 9.52 Å². The number of rotatable bonds is 0. The molecule has 115 valence electrons. The van der Waals surface area contributed by atoms with Crippen LogP contribution in [0, 0.1) is 19.9 Å². The van der Waals surface area contributed by atoms with Crippen LogP contribution in [0.15, 0.2) is 35.9 Å². The molecule has 0 saturated heterocycles. The van der Waals surface area contributed by atoms with Crippen molar-refractivity contribution in [1.82, 2.24) is 0 Å². The fraction of sp³-hybridized carbons (Fsp3) is 0.375. The van der Waals surface area contributed by atoms with Crippen LogP contribution in [0.25, 0.3) is 5.73 Å². The molecular weight excluding hydrogens is 484 g/mol. The summed E-state index contributed by atoms with van der Waals surface area (Å²) < 4.78 is 0. The standard InChI is InChI=1S/C8H10N.C6H7.C2H7Si.2ClH.Hf/c1-6-3-7(2)5-8(9)4-6;1-6-4-2-3-5-6;1-3-2;;;/h3-5,9H,1-2H3;4-5H,2H2,1H3;3H,1-2H3;2*1H;/q2*-1;;;;+4/p-2. The maximum Gasteiger partial charge on any atom is 4.00 e. The smallest absolute Gasteiger partial charge is 1.00 e. The Labute approximate surface area is 164 Å². The molecule has 0 fully saturated rings. The van der Waals surface area contributed by atoms with Crippen LogP contribution in [0.1, 0.15) is 24.5 Å². The van der Waals surface area contributed by atoms with Crippen molar-refractivity contribution in [3.05, 3.63) is 58.9 Å². The monoisotopic (exact) mass is 508 g/mol. The van der Waals surface area contributed by atoms with Gasteiger partial charge in [-0.25, -0.2) is 11.6 Å². The Morgan fingerprint density at radius 3 is 1.62 bits per heavy atom. The van der Waals surface area contributed by atoms with Gasteiger partial charge in [0, 0.05) is 9.52 Å². The van der Waals surface area contributed by atoms with Crippen molar-refractivity contribution in [2.45, 2.75) is 40.3 Å². The normalized spacial score (nSPS) is 10.2. The molecule has 2 rings (SSSR count). The van der Waals surface area contributed by atoms with Crippen LogP contribution < -0.4 is 24.8 Å². The van der Waals surface area contributed by atoms with Crippen LogP contribution in [-0.2, 0) is 25.8 Å². The zero-order chi connectivity index (χ0) is 14.0. The van der Waals surface area contributed by atoms with E-state index in [2.05, 4.69) is 38.2 Å². The Bertz CT molecular complexity index is 368.